The number of carbonyl (C=O) groups is 1. The van der Waals surface area contributed by atoms with Crippen molar-refractivity contribution in [1.82, 2.24) is 15.0 Å². The van der Waals surface area contributed by atoms with Gasteiger partial charge in [-0.2, -0.15) is 0 Å². The molecule has 176 valence electrons. The van der Waals surface area contributed by atoms with Gasteiger partial charge in [-0.25, -0.2) is 4.98 Å². The van der Waals surface area contributed by atoms with E-state index in [-0.39, 0.29) is 11.6 Å². The van der Waals surface area contributed by atoms with Crippen molar-refractivity contribution in [2.45, 2.75) is 0 Å². The molecule has 3 N–H and O–H groups in total. The predicted octanol–water partition coefficient (Wildman–Crippen LogP) is 5.67. The highest BCUT2D eigenvalue weighted by atomic mass is 16.6. The first-order valence-electron chi connectivity index (χ1n) is 10.9. The smallest absolute Gasteiger partial charge is 0.270 e. The molecule has 2 aromatic carbocycles. The van der Waals surface area contributed by atoms with Gasteiger partial charge in [0.2, 0.25) is 0 Å². The van der Waals surface area contributed by atoms with E-state index in [1.165, 1.54) is 18.3 Å². The summed E-state index contributed by atoms with van der Waals surface area (Å²) >= 11 is 0. The van der Waals surface area contributed by atoms with E-state index in [0.29, 0.717) is 33.7 Å². The number of aromatic nitrogens is 3. The van der Waals surface area contributed by atoms with Crippen LogP contribution in [0.15, 0.2) is 97.6 Å². The largest absolute Gasteiger partial charge is 0.355 e. The van der Waals surface area contributed by atoms with Crippen LogP contribution in [0.3, 0.4) is 0 Å². The standard InChI is InChI=1S/C26H19N7O3/c34-26(31-19-4-2-18(3-5-19)30-20-9-12-27-13-10-20)17-1-8-25(29-16-17)32-24-11-14-28-23-7-6-21(33(35)36)15-22(23)24/h1-16H,(H,27,30)(H,31,34)(H,28,29,32). The SMILES string of the molecule is O=C(Nc1ccc(Nc2ccncc2)cc1)c1ccc(Nc2ccnc3ccc([N+](=O)[O-])cc23)nc1. The first-order chi connectivity index (χ1) is 17.5. The molecule has 1 amide bonds. The fourth-order valence-electron chi connectivity index (χ4n) is 3.54. The molecule has 36 heavy (non-hydrogen) atoms. The maximum atomic E-state index is 12.7. The van der Waals surface area contributed by atoms with Gasteiger partial charge in [-0.15, -0.1) is 0 Å². The number of fused-ring (bicyclic) bond motifs is 1. The maximum absolute atomic E-state index is 12.7. The summed E-state index contributed by atoms with van der Waals surface area (Å²) in [7, 11) is 0. The molecule has 0 radical (unpaired) electrons. The van der Waals surface area contributed by atoms with Crippen LogP contribution in [0.25, 0.3) is 10.9 Å². The molecule has 0 saturated heterocycles. The average molecular weight is 477 g/mol. The van der Waals surface area contributed by atoms with E-state index < -0.39 is 4.92 Å². The Bertz CT molecular complexity index is 1540. The molecule has 0 aliphatic heterocycles. The van der Waals surface area contributed by atoms with Crippen molar-refractivity contribution in [3.05, 3.63) is 113 Å². The van der Waals surface area contributed by atoms with E-state index in [0.717, 1.165) is 11.4 Å². The summed E-state index contributed by atoms with van der Waals surface area (Å²) in [4.78, 5) is 35.9. The summed E-state index contributed by atoms with van der Waals surface area (Å²) in [5.41, 5.74) is 4.03. The lowest BCUT2D eigenvalue weighted by atomic mass is 10.1. The fourth-order valence-corrected chi connectivity index (χ4v) is 3.54. The lowest BCUT2D eigenvalue weighted by molar-refractivity contribution is -0.384. The van der Waals surface area contributed by atoms with Crippen LogP contribution in [0.4, 0.5) is 34.3 Å². The van der Waals surface area contributed by atoms with E-state index in [1.807, 2.05) is 24.3 Å². The minimum Gasteiger partial charge on any atom is -0.355 e. The van der Waals surface area contributed by atoms with Gasteiger partial charge in [0.15, 0.2) is 0 Å². The summed E-state index contributed by atoms with van der Waals surface area (Å²) < 4.78 is 0. The van der Waals surface area contributed by atoms with Gasteiger partial charge < -0.3 is 16.0 Å². The Labute approximate surface area is 205 Å². The summed E-state index contributed by atoms with van der Waals surface area (Å²) in [5, 5.41) is 21.0. The second kappa shape index (κ2) is 9.85. The Morgan fingerprint density at radius 2 is 1.53 bits per heavy atom. The maximum Gasteiger partial charge on any atom is 0.270 e. The van der Waals surface area contributed by atoms with Crippen LogP contribution in [-0.2, 0) is 0 Å². The van der Waals surface area contributed by atoms with Crippen LogP contribution in [0, 0.1) is 10.1 Å². The van der Waals surface area contributed by atoms with Crippen molar-refractivity contribution in [2.24, 2.45) is 0 Å². The number of amides is 1. The third-order valence-corrected chi connectivity index (χ3v) is 5.34. The minimum atomic E-state index is -0.451. The molecule has 0 fully saturated rings. The van der Waals surface area contributed by atoms with Crippen LogP contribution in [0.1, 0.15) is 10.4 Å². The molecule has 0 aliphatic carbocycles. The summed E-state index contributed by atoms with van der Waals surface area (Å²) in [6.07, 6.45) is 6.48. The zero-order valence-corrected chi connectivity index (χ0v) is 18.8. The van der Waals surface area contributed by atoms with Crippen molar-refractivity contribution < 1.29 is 9.72 Å². The van der Waals surface area contributed by atoms with E-state index in [2.05, 4.69) is 30.9 Å². The lowest BCUT2D eigenvalue weighted by Crippen LogP contribution is -2.12. The van der Waals surface area contributed by atoms with Crippen molar-refractivity contribution in [3.8, 4) is 0 Å². The Morgan fingerprint density at radius 3 is 2.25 bits per heavy atom. The van der Waals surface area contributed by atoms with Crippen molar-refractivity contribution in [2.75, 3.05) is 16.0 Å². The second-order valence-corrected chi connectivity index (χ2v) is 7.77. The van der Waals surface area contributed by atoms with E-state index in [9.17, 15) is 14.9 Å². The van der Waals surface area contributed by atoms with Gasteiger partial charge in [-0.1, -0.05) is 0 Å². The molecular weight excluding hydrogens is 458 g/mol. The Kier molecular flexibility index (Phi) is 6.14. The number of nitrogens with zero attached hydrogens (tertiary/aromatic N) is 4. The molecule has 0 unspecified atom stereocenters. The molecule has 3 aromatic heterocycles. The van der Waals surface area contributed by atoms with E-state index in [4.69, 9.17) is 0 Å². The van der Waals surface area contributed by atoms with E-state index >= 15 is 0 Å². The monoisotopic (exact) mass is 477 g/mol. The number of hydrogen-bond acceptors (Lipinski definition) is 8. The highest BCUT2D eigenvalue weighted by molar-refractivity contribution is 6.04. The predicted molar refractivity (Wildman–Crippen MR) is 138 cm³/mol. The van der Waals surface area contributed by atoms with Crippen LogP contribution in [0.2, 0.25) is 0 Å². The zero-order valence-electron chi connectivity index (χ0n) is 18.8. The number of pyridine rings is 3. The molecule has 3 heterocycles. The van der Waals surface area contributed by atoms with Gasteiger partial charge in [0.1, 0.15) is 5.82 Å². The van der Waals surface area contributed by atoms with Crippen molar-refractivity contribution in [1.29, 1.82) is 0 Å². The van der Waals surface area contributed by atoms with Gasteiger partial charge in [-0.05, 0) is 60.7 Å². The molecule has 10 nitrogen and oxygen atoms in total. The number of hydrogen-bond donors (Lipinski definition) is 3. The van der Waals surface area contributed by atoms with Crippen molar-refractivity contribution >= 4 is 51.1 Å². The van der Waals surface area contributed by atoms with Gasteiger partial charge in [0.25, 0.3) is 11.6 Å². The second-order valence-electron chi connectivity index (χ2n) is 7.77. The molecule has 0 aliphatic rings. The first-order valence-corrected chi connectivity index (χ1v) is 10.9. The number of nitro benzene ring substituents is 1. The molecule has 0 bridgehead atoms. The highest BCUT2D eigenvalue weighted by Crippen LogP contribution is 2.28. The molecule has 10 heteroatoms. The van der Waals surface area contributed by atoms with Gasteiger partial charge in [-0.3, -0.25) is 24.9 Å². The Morgan fingerprint density at radius 1 is 0.778 bits per heavy atom. The quantitative estimate of drug-likeness (QED) is 0.201. The molecule has 5 rings (SSSR count). The Balaban J connectivity index is 1.25. The van der Waals surface area contributed by atoms with Crippen LogP contribution in [-0.4, -0.2) is 25.8 Å². The Hall–Kier alpha value is -5.38. The number of non-ortho nitro benzene ring substituents is 1. The van der Waals surface area contributed by atoms with Gasteiger partial charge in [0, 0.05) is 59.4 Å². The zero-order chi connectivity index (χ0) is 24.9. The number of benzene rings is 2. The minimum absolute atomic E-state index is 0.0280. The number of nitrogens with one attached hydrogen (secondary N) is 3. The van der Waals surface area contributed by atoms with Crippen LogP contribution >= 0.6 is 0 Å². The van der Waals surface area contributed by atoms with Crippen LogP contribution < -0.4 is 16.0 Å². The van der Waals surface area contributed by atoms with Gasteiger partial charge >= 0.3 is 0 Å². The number of anilines is 5. The molecule has 0 atom stereocenters. The van der Waals surface area contributed by atoms with E-state index in [1.54, 1.807) is 55.0 Å². The third kappa shape index (κ3) is 5.07. The topological polar surface area (TPSA) is 135 Å². The third-order valence-electron chi connectivity index (χ3n) is 5.34. The van der Waals surface area contributed by atoms with Gasteiger partial charge in [0.05, 0.1) is 21.7 Å². The summed E-state index contributed by atoms with van der Waals surface area (Å²) in [5.74, 6) is 0.186. The average Bonchev–Trinajstić information content (AvgIpc) is 2.91. The summed E-state index contributed by atoms with van der Waals surface area (Å²) in [6, 6.07) is 20.6. The van der Waals surface area contributed by atoms with Crippen LogP contribution in [0.5, 0.6) is 0 Å². The molecule has 5 aromatic rings. The molecule has 0 spiro atoms. The highest BCUT2D eigenvalue weighted by Gasteiger charge is 2.11. The number of carbonyl (C=O) groups excluding carboxylic acids is 1. The first kappa shape index (κ1) is 22.4. The number of nitro groups is 1. The summed E-state index contributed by atoms with van der Waals surface area (Å²) in [6.45, 7) is 0. The molecular formula is C26H19N7O3. The normalized spacial score (nSPS) is 10.6. The fraction of sp³-hybridized carbons (Fsp3) is 0. The van der Waals surface area contributed by atoms with Crippen molar-refractivity contribution in [3.63, 3.8) is 0 Å². The molecule has 0 saturated carbocycles. The number of rotatable bonds is 7. The lowest BCUT2D eigenvalue weighted by Gasteiger charge is -2.10.